The molecule has 0 atom stereocenters. The number of non-ortho nitro benzene ring substituents is 1. The van der Waals surface area contributed by atoms with Gasteiger partial charge in [-0.05, 0) is 18.1 Å². The van der Waals surface area contributed by atoms with E-state index in [2.05, 4.69) is 17.0 Å². The van der Waals surface area contributed by atoms with E-state index in [9.17, 15) is 18.5 Å². The zero-order valence-corrected chi connectivity index (χ0v) is 15.4. The fraction of sp³-hybridized carbons (Fsp3) is 0.333. The van der Waals surface area contributed by atoms with Crippen molar-refractivity contribution in [3.05, 3.63) is 69.8 Å². The topological polar surface area (TPSA) is 83.8 Å². The molecule has 2 aromatic carbocycles. The van der Waals surface area contributed by atoms with Crippen molar-refractivity contribution in [3.63, 3.8) is 0 Å². The Morgan fingerprint density at radius 2 is 1.69 bits per heavy atom. The molecule has 0 aliphatic carbocycles. The van der Waals surface area contributed by atoms with E-state index in [4.69, 9.17) is 0 Å². The van der Waals surface area contributed by atoms with E-state index in [0.29, 0.717) is 31.7 Å². The van der Waals surface area contributed by atoms with Crippen LogP contribution in [0.25, 0.3) is 0 Å². The van der Waals surface area contributed by atoms with Crippen molar-refractivity contribution in [2.75, 3.05) is 26.2 Å². The summed E-state index contributed by atoms with van der Waals surface area (Å²) >= 11 is 0. The Morgan fingerprint density at radius 1 is 1.04 bits per heavy atom. The minimum atomic E-state index is -3.74. The molecule has 1 aliphatic heterocycles. The second kappa shape index (κ2) is 7.53. The summed E-state index contributed by atoms with van der Waals surface area (Å²) in [5.74, 6) is 0. The normalized spacial score (nSPS) is 16.5. The number of sulfonamides is 1. The number of rotatable bonds is 5. The highest BCUT2D eigenvalue weighted by molar-refractivity contribution is 7.89. The van der Waals surface area contributed by atoms with Gasteiger partial charge in [-0.1, -0.05) is 36.4 Å². The molecule has 3 rings (SSSR count). The Hall–Kier alpha value is -2.29. The first-order chi connectivity index (χ1) is 12.4. The number of nitro groups is 1. The maximum atomic E-state index is 12.9. The van der Waals surface area contributed by atoms with E-state index >= 15 is 0 Å². The highest BCUT2D eigenvalue weighted by atomic mass is 32.2. The van der Waals surface area contributed by atoms with Crippen LogP contribution in [0.1, 0.15) is 11.1 Å². The Balaban J connectivity index is 1.72. The molecule has 1 saturated heterocycles. The molecule has 0 unspecified atom stereocenters. The standard InChI is InChI=1S/C18H21N3O4S/c1-15-7-8-17(21(22)23)13-18(15)26(24,25)20-11-9-19(10-12-20)14-16-5-3-2-4-6-16/h2-8,13H,9-12,14H2,1H3. The van der Waals surface area contributed by atoms with Crippen LogP contribution in [0.3, 0.4) is 0 Å². The van der Waals surface area contributed by atoms with E-state index in [1.165, 1.54) is 22.0 Å². The molecule has 0 amide bonds. The number of piperazine rings is 1. The highest BCUT2D eigenvalue weighted by Gasteiger charge is 2.30. The van der Waals surface area contributed by atoms with E-state index < -0.39 is 14.9 Å². The summed E-state index contributed by atoms with van der Waals surface area (Å²) in [4.78, 5) is 12.6. The lowest BCUT2D eigenvalue weighted by molar-refractivity contribution is -0.385. The van der Waals surface area contributed by atoms with Crippen LogP contribution in [-0.4, -0.2) is 48.7 Å². The third kappa shape index (κ3) is 3.92. The molecule has 0 saturated carbocycles. The molecule has 0 N–H and O–H groups in total. The average molecular weight is 375 g/mol. The van der Waals surface area contributed by atoms with Crippen LogP contribution < -0.4 is 0 Å². The summed E-state index contributed by atoms with van der Waals surface area (Å²) in [5.41, 5.74) is 1.50. The number of nitro benzene ring substituents is 1. The maximum Gasteiger partial charge on any atom is 0.270 e. The van der Waals surface area contributed by atoms with E-state index in [0.717, 1.165) is 12.6 Å². The fourth-order valence-corrected chi connectivity index (χ4v) is 4.76. The summed E-state index contributed by atoms with van der Waals surface area (Å²) in [5, 5.41) is 11.0. The summed E-state index contributed by atoms with van der Waals surface area (Å²) in [6.07, 6.45) is 0. The van der Waals surface area contributed by atoms with Crippen molar-refractivity contribution in [2.24, 2.45) is 0 Å². The molecule has 0 radical (unpaired) electrons. The molecule has 7 nitrogen and oxygen atoms in total. The minimum Gasteiger partial charge on any atom is -0.296 e. The van der Waals surface area contributed by atoms with Gasteiger partial charge in [0.1, 0.15) is 0 Å². The molecular formula is C18H21N3O4S. The van der Waals surface area contributed by atoms with Gasteiger partial charge in [0.15, 0.2) is 0 Å². The van der Waals surface area contributed by atoms with Crippen LogP contribution in [0, 0.1) is 17.0 Å². The first-order valence-electron chi connectivity index (χ1n) is 8.39. The minimum absolute atomic E-state index is 0.0169. The maximum absolute atomic E-state index is 12.9. The molecule has 8 heteroatoms. The summed E-state index contributed by atoms with van der Waals surface area (Å²) in [7, 11) is -3.74. The second-order valence-corrected chi connectivity index (χ2v) is 8.28. The number of benzene rings is 2. The van der Waals surface area contributed by atoms with Gasteiger partial charge in [-0.3, -0.25) is 15.0 Å². The second-order valence-electron chi connectivity index (χ2n) is 6.37. The van der Waals surface area contributed by atoms with Gasteiger partial charge in [0.05, 0.1) is 9.82 Å². The van der Waals surface area contributed by atoms with E-state index in [1.807, 2.05) is 18.2 Å². The van der Waals surface area contributed by atoms with Gasteiger partial charge in [0, 0.05) is 44.9 Å². The fourth-order valence-electron chi connectivity index (χ4n) is 3.09. The average Bonchev–Trinajstić information content (AvgIpc) is 2.63. The molecule has 0 bridgehead atoms. The zero-order valence-electron chi connectivity index (χ0n) is 14.5. The van der Waals surface area contributed by atoms with E-state index in [1.54, 1.807) is 6.92 Å². The van der Waals surface area contributed by atoms with Crippen molar-refractivity contribution < 1.29 is 13.3 Å². The number of hydrogen-bond donors (Lipinski definition) is 0. The van der Waals surface area contributed by atoms with Gasteiger partial charge >= 0.3 is 0 Å². The Labute approximate surface area is 153 Å². The van der Waals surface area contributed by atoms with Crippen molar-refractivity contribution in [1.82, 2.24) is 9.21 Å². The summed E-state index contributed by atoms with van der Waals surface area (Å²) in [6, 6.07) is 14.0. The van der Waals surface area contributed by atoms with Gasteiger partial charge < -0.3 is 0 Å². The lowest BCUT2D eigenvalue weighted by Gasteiger charge is -2.34. The Morgan fingerprint density at radius 3 is 2.31 bits per heavy atom. The van der Waals surface area contributed by atoms with E-state index in [-0.39, 0.29) is 10.6 Å². The number of aryl methyl sites for hydroxylation is 1. The Bertz CT molecular complexity index is 892. The predicted octanol–water partition coefficient (Wildman–Crippen LogP) is 2.41. The first-order valence-corrected chi connectivity index (χ1v) is 9.83. The molecule has 138 valence electrons. The third-order valence-electron chi connectivity index (χ3n) is 4.58. The van der Waals surface area contributed by atoms with Gasteiger partial charge in [-0.15, -0.1) is 0 Å². The lowest BCUT2D eigenvalue weighted by atomic mass is 10.2. The van der Waals surface area contributed by atoms with Crippen LogP contribution >= 0.6 is 0 Å². The van der Waals surface area contributed by atoms with Gasteiger partial charge in [-0.25, -0.2) is 8.42 Å². The van der Waals surface area contributed by atoms with Gasteiger partial charge in [0.2, 0.25) is 10.0 Å². The molecule has 1 heterocycles. The summed E-state index contributed by atoms with van der Waals surface area (Å²) in [6.45, 7) is 4.44. The smallest absolute Gasteiger partial charge is 0.270 e. The van der Waals surface area contributed by atoms with Crippen molar-refractivity contribution >= 4 is 15.7 Å². The zero-order chi connectivity index (χ0) is 18.7. The molecular weight excluding hydrogens is 354 g/mol. The molecule has 26 heavy (non-hydrogen) atoms. The van der Waals surface area contributed by atoms with Crippen molar-refractivity contribution in [1.29, 1.82) is 0 Å². The summed E-state index contributed by atoms with van der Waals surface area (Å²) < 4.78 is 27.3. The number of hydrogen-bond acceptors (Lipinski definition) is 5. The van der Waals surface area contributed by atoms with Crippen molar-refractivity contribution in [2.45, 2.75) is 18.4 Å². The SMILES string of the molecule is Cc1ccc([N+](=O)[O-])cc1S(=O)(=O)N1CCN(Cc2ccccc2)CC1. The molecule has 0 spiro atoms. The quantitative estimate of drug-likeness (QED) is 0.592. The molecule has 2 aromatic rings. The van der Waals surface area contributed by atoms with Crippen LogP contribution in [0.15, 0.2) is 53.4 Å². The van der Waals surface area contributed by atoms with Crippen LogP contribution in [-0.2, 0) is 16.6 Å². The van der Waals surface area contributed by atoms with Crippen LogP contribution in [0.5, 0.6) is 0 Å². The predicted molar refractivity (Wildman–Crippen MR) is 98.3 cm³/mol. The molecule has 0 aromatic heterocycles. The lowest BCUT2D eigenvalue weighted by Crippen LogP contribution is -2.48. The van der Waals surface area contributed by atoms with Gasteiger partial charge in [-0.2, -0.15) is 4.31 Å². The van der Waals surface area contributed by atoms with Crippen molar-refractivity contribution in [3.8, 4) is 0 Å². The largest absolute Gasteiger partial charge is 0.296 e. The first kappa shape index (κ1) is 18.5. The van der Waals surface area contributed by atoms with Gasteiger partial charge in [0.25, 0.3) is 5.69 Å². The Kier molecular flexibility index (Phi) is 5.36. The molecule has 1 fully saturated rings. The van der Waals surface area contributed by atoms with Crippen LogP contribution in [0.4, 0.5) is 5.69 Å². The van der Waals surface area contributed by atoms with Crippen LogP contribution in [0.2, 0.25) is 0 Å². The third-order valence-corrected chi connectivity index (χ3v) is 6.62. The number of nitrogens with zero attached hydrogens (tertiary/aromatic N) is 3. The monoisotopic (exact) mass is 375 g/mol. The molecule has 1 aliphatic rings. The highest BCUT2D eigenvalue weighted by Crippen LogP contribution is 2.25.